The number of rotatable bonds is 7. The molecule has 0 radical (unpaired) electrons. The van der Waals surface area contributed by atoms with E-state index in [0.29, 0.717) is 0 Å². The summed E-state index contributed by atoms with van der Waals surface area (Å²) in [7, 11) is 0. The summed E-state index contributed by atoms with van der Waals surface area (Å²) < 4.78 is 5.78. The van der Waals surface area contributed by atoms with Gasteiger partial charge in [-0.2, -0.15) is 0 Å². The van der Waals surface area contributed by atoms with E-state index in [0.717, 1.165) is 32.0 Å². The summed E-state index contributed by atoms with van der Waals surface area (Å²) in [5, 5.41) is 2.17. The van der Waals surface area contributed by atoms with E-state index in [1.807, 2.05) is 41.7 Å². The van der Waals surface area contributed by atoms with Crippen LogP contribution >= 0.6 is 11.3 Å². The van der Waals surface area contributed by atoms with Gasteiger partial charge >= 0.3 is 0 Å². The molecule has 22 heavy (non-hydrogen) atoms. The number of nitrogens with zero attached hydrogens (tertiary/aromatic N) is 2. The van der Waals surface area contributed by atoms with Crippen LogP contribution in [0.3, 0.4) is 0 Å². The molecule has 0 aliphatic carbocycles. The highest BCUT2D eigenvalue weighted by Crippen LogP contribution is 2.11. The summed E-state index contributed by atoms with van der Waals surface area (Å²) in [6.07, 6.45) is 1.19. The van der Waals surface area contributed by atoms with E-state index in [9.17, 15) is 0 Å². The molecule has 3 rings (SSSR count). The largest absolute Gasteiger partial charge is 0.492 e. The van der Waals surface area contributed by atoms with Crippen molar-refractivity contribution in [2.45, 2.75) is 6.42 Å². The number of hydrogen-bond donors (Lipinski definition) is 0. The summed E-state index contributed by atoms with van der Waals surface area (Å²) in [5.41, 5.74) is 0. The van der Waals surface area contributed by atoms with Crippen molar-refractivity contribution in [2.24, 2.45) is 0 Å². The maximum Gasteiger partial charge on any atom is 0.119 e. The first kappa shape index (κ1) is 15.5. The van der Waals surface area contributed by atoms with Gasteiger partial charge in [0.2, 0.25) is 0 Å². The van der Waals surface area contributed by atoms with Crippen LogP contribution in [-0.2, 0) is 6.42 Å². The van der Waals surface area contributed by atoms with Crippen molar-refractivity contribution in [3.8, 4) is 5.75 Å². The van der Waals surface area contributed by atoms with Crippen LogP contribution in [0.5, 0.6) is 5.75 Å². The standard InChI is InChI=1S/C18H24N2OS/c1-2-5-17(6-3-1)21-15-14-20-12-10-19(11-13-20)9-8-18-7-4-16-22-18/h1-7,16H,8-15H2. The number of thiophene rings is 1. The van der Waals surface area contributed by atoms with Crippen LogP contribution in [0.1, 0.15) is 4.88 Å². The number of ether oxygens (including phenoxy) is 1. The van der Waals surface area contributed by atoms with Gasteiger partial charge < -0.3 is 9.64 Å². The lowest BCUT2D eigenvalue weighted by atomic mass is 10.2. The van der Waals surface area contributed by atoms with Crippen molar-refractivity contribution in [3.05, 3.63) is 52.7 Å². The van der Waals surface area contributed by atoms with E-state index < -0.39 is 0 Å². The molecule has 0 amide bonds. The molecule has 0 saturated carbocycles. The van der Waals surface area contributed by atoms with Crippen LogP contribution in [0.25, 0.3) is 0 Å². The molecule has 1 aliphatic heterocycles. The highest BCUT2D eigenvalue weighted by Gasteiger charge is 2.16. The first-order valence-electron chi connectivity index (χ1n) is 8.05. The Labute approximate surface area is 137 Å². The summed E-state index contributed by atoms with van der Waals surface area (Å²) in [5.74, 6) is 0.970. The lowest BCUT2D eigenvalue weighted by Gasteiger charge is -2.34. The maximum absolute atomic E-state index is 5.78. The van der Waals surface area contributed by atoms with Crippen molar-refractivity contribution in [3.63, 3.8) is 0 Å². The van der Waals surface area contributed by atoms with Crippen molar-refractivity contribution in [1.82, 2.24) is 9.80 Å². The van der Waals surface area contributed by atoms with Gasteiger partial charge in [-0.05, 0) is 30.0 Å². The van der Waals surface area contributed by atoms with E-state index in [-0.39, 0.29) is 0 Å². The summed E-state index contributed by atoms with van der Waals surface area (Å²) >= 11 is 1.87. The number of para-hydroxylation sites is 1. The second kappa shape index (κ2) is 8.32. The van der Waals surface area contributed by atoms with Gasteiger partial charge in [-0.15, -0.1) is 11.3 Å². The van der Waals surface area contributed by atoms with Crippen LogP contribution in [-0.4, -0.2) is 55.7 Å². The third kappa shape index (κ3) is 4.83. The Morgan fingerprint density at radius 1 is 0.864 bits per heavy atom. The van der Waals surface area contributed by atoms with Crippen LogP contribution in [0.15, 0.2) is 47.8 Å². The Morgan fingerprint density at radius 2 is 1.59 bits per heavy atom. The van der Waals surface area contributed by atoms with E-state index in [2.05, 4.69) is 27.3 Å². The SMILES string of the molecule is c1ccc(OCCN2CCN(CCc3cccs3)CC2)cc1. The van der Waals surface area contributed by atoms with Crippen molar-refractivity contribution in [2.75, 3.05) is 45.9 Å². The molecule has 1 aromatic carbocycles. The third-order valence-electron chi connectivity index (χ3n) is 4.14. The molecule has 4 heteroatoms. The quantitative estimate of drug-likeness (QED) is 0.781. The smallest absolute Gasteiger partial charge is 0.119 e. The minimum absolute atomic E-state index is 0.777. The molecule has 0 spiro atoms. The number of hydrogen-bond acceptors (Lipinski definition) is 4. The normalized spacial score (nSPS) is 16.7. The average molecular weight is 316 g/mol. The fraction of sp³-hybridized carbons (Fsp3) is 0.444. The van der Waals surface area contributed by atoms with Crippen molar-refractivity contribution >= 4 is 11.3 Å². The van der Waals surface area contributed by atoms with Crippen molar-refractivity contribution < 1.29 is 4.74 Å². The number of piperazine rings is 1. The fourth-order valence-corrected chi connectivity index (χ4v) is 3.47. The first-order chi connectivity index (χ1) is 10.9. The Hall–Kier alpha value is -1.36. The Balaban J connectivity index is 1.30. The topological polar surface area (TPSA) is 15.7 Å². The summed E-state index contributed by atoms with van der Waals surface area (Å²) in [6.45, 7) is 7.65. The van der Waals surface area contributed by atoms with Gasteiger partial charge in [0.05, 0.1) is 0 Å². The molecule has 3 nitrogen and oxygen atoms in total. The monoisotopic (exact) mass is 316 g/mol. The molecule has 118 valence electrons. The molecule has 0 atom stereocenters. The predicted molar refractivity (Wildman–Crippen MR) is 92.8 cm³/mol. The molecule has 1 saturated heterocycles. The van der Waals surface area contributed by atoms with Gasteiger partial charge in [0, 0.05) is 44.1 Å². The Morgan fingerprint density at radius 3 is 2.27 bits per heavy atom. The minimum Gasteiger partial charge on any atom is -0.492 e. The van der Waals surface area contributed by atoms with Crippen LogP contribution in [0.2, 0.25) is 0 Å². The summed E-state index contributed by atoms with van der Waals surface area (Å²) in [6, 6.07) is 14.5. The van der Waals surface area contributed by atoms with E-state index in [1.54, 1.807) is 0 Å². The highest BCUT2D eigenvalue weighted by atomic mass is 32.1. The molecule has 0 unspecified atom stereocenters. The first-order valence-corrected chi connectivity index (χ1v) is 8.93. The van der Waals surface area contributed by atoms with E-state index in [1.165, 1.54) is 30.9 Å². The Kier molecular flexibility index (Phi) is 5.87. The van der Waals surface area contributed by atoms with Crippen molar-refractivity contribution in [1.29, 1.82) is 0 Å². The second-order valence-electron chi connectivity index (χ2n) is 5.67. The molecular formula is C18H24N2OS. The van der Waals surface area contributed by atoms with Crippen LogP contribution in [0.4, 0.5) is 0 Å². The molecule has 0 bridgehead atoms. The second-order valence-corrected chi connectivity index (χ2v) is 6.71. The van der Waals surface area contributed by atoms with Gasteiger partial charge in [0.25, 0.3) is 0 Å². The lowest BCUT2D eigenvalue weighted by Crippen LogP contribution is -2.47. The molecule has 1 aromatic heterocycles. The highest BCUT2D eigenvalue weighted by molar-refractivity contribution is 7.09. The van der Waals surface area contributed by atoms with Gasteiger partial charge in [-0.25, -0.2) is 0 Å². The average Bonchev–Trinajstić information content (AvgIpc) is 3.09. The fourth-order valence-electron chi connectivity index (χ4n) is 2.77. The molecule has 2 aromatic rings. The van der Waals surface area contributed by atoms with Gasteiger partial charge in [-0.3, -0.25) is 4.90 Å². The molecular weight excluding hydrogens is 292 g/mol. The van der Waals surface area contributed by atoms with Gasteiger partial charge in [-0.1, -0.05) is 24.3 Å². The minimum atomic E-state index is 0.777. The number of benzene rings is 1. The van der Waals surface area contributed by atoms with E-state index >= 15 is 0 Å². The van der Waals surface area contributed by atoms with Crippen LogP contribution in [0, 0.1) is 0 Å². The zero-order valence-electron chi connectivity index (χ0n) is 13.0. The van der Waals surface area contributed by atoms with Gasteiger partial charge in [0.1, 0.15) is 12.4 Å². The molecule has 1 fully saturated rings. The maximum atomic E-state index is 5.78. The Bertz CT molecular complexity index is 521. The zero-order valence-corrected chi connectivity index (χ0v) is 13.8. The predicted octanol–water partition coefficient (Wildman–Crippen LogP) is 2.99. The molecule has 2 heterocycles. The van der Waals surface area contributed by atoms with Gasteiger partial charge in [0.15, 0.2) is 0 Å². The van der Waals surface area contributed by atoms with Crippen LogP contribution < -0.4 is 4.74 Å². The summed E-state index contributed by atoms with van der Waals surface area (Å²) in [4.78, 5) is 6.58. The third-order valence-corrected chi connectivity index (χ3v) is 5.08. The van der Waals surface area contributed by atoms with E-state index in [4.69, 9.17) is 4.74 Å². The molecule has 0 N–H and O–H groups in total. The zero-order chi connectivity index (χ0) is 15.0. The molecule has 1 aliphatic rings. The lowest BCUT2D eigenvalue weighted by molar-refractivity contribution is 0.118.